The first-order valence-corrected chi connectivity index (χ1v) is 12.9. The van der Waals surface area contributed by atoms with Crippen LogP contribution in [0, 0.1) is 5.82 Å². The van der Waals surface area contributed by atoms with Crippen molar-refractivity contribution in [3.05, 3.63) is 113 Å². The molecule has 0 aliphatic carbocycles. The summed E-state index contributed by atoms with van der Waals surface area (Å²) >= 11 is 0. The smallest absolute Gasteiger partial charge is 0.267 e. The molecule has 0 spiro atoms. The average Bonchev–Trinajstić information content (AvgIpc) is 2.99. The van der Waals surface area contributed by atoms with Gasteiger partial charge in [-0.3, -0.25) is 19.1 Å². The van der Waals surface area contributed by atoms with Crippen LogP contribution in [0.4, 0.5) is 27.3 Å². The van der Waals surface area contributed by atoms with Gasteiger partial charge < -0.3 is 20.9 Å². The lowest BCUT2D eigenvalue weighted by Gasteiger charge is -2.28. The zero-order valence-electron chi connectivity index (χ0n) is 21.5. The molecule has 0 saturated carbocycles. The van der Waals surface area contributed by atoms with Gasteiger partial charge in [0.15, 0.2) is 0 Å². The second-order valence-electron chi connectivity index (χ2n) is 9.39. The highest BCUT2D eigenvalue weighted by atomic mass is 19.1. The van der Waals surface area contributed by atoms with Gasteiger partial charge >= 0.3 is 0 Å². The molecular weight excluding hydrogens is 509 g/mol. The number of hydrogen-bond acceptors (Lipinski definition) is 7. The summed E-state index contributed by atoms with van der Waals surface area (Å²) in [6.45, 7) is 3.65. The van der Waals surface area contributed by atoms with Gasteiger partial charge in [-0.15, -0.1) is 0 Å². The molecule has 0 atom stereocenters. The molecule has 1 aliphatic rings. The molecule has 3 N–H and O–H groups in total. The number of piperazine rings is 1. The van der Waals surface area contributed by atoms with Crippen LogP contribution < -0.4 is 26.4 Å². The van der Waals surface area contributed by atoms with Crippen molar-refractivity contribution in [2.75, 3.05) is 41.7 Å². The quantitative estimate of drug-likeness (QED) is 0.297. The number of pyridine rings is 3. The van der Waals surface area contributed by atoms with E-state index in [-0.39, 0.29) is 5.56 Å². The fourth-order valence-electron chi connectivity index (χ4n) is 4.68. The molecule has 3 aromatic heterocycles. The summed E-state index contributed by atoms with van der Waals surface area (Å²) in [7, 11) is 0. The van der Waals surface area contributed by atoms with Gasteiger partial charge in [0.05, 0.1) is 11.7 Å². The summed E-state index contributed by atoms with van der Waals surface area (Å²) < 4.78 is 14.6. The zero-order valence-corrected chi connectivity index (χ0v) is 21.5. The molecular formula is C30H26FN7O2. The summed E-state index contributed by atoms with van der Waals surface area (Å²) in [4.78, 5) is 37.2. The Morgan fingerprint density at radius 2 is 1.68 bits per heavy atom. The Hall–Kier alpha value is -5.09. The Labute approximate surface area is 229 Å². The van der Waals surface area contributed by atoms with E-state index in [9.17, 15) is 14.0 Å². The SMILES string of the molecule is O=C(Nc1ccc(Nc2ccnc3cnc(N4CCNCC4)cc23)cc1)c1cccn(-c2ccc(F)cc2)c1=O. The molecule has 1 amide bonds. The summed E-state index contributed by atoms with van der Waals surface area (Å²) in [5, 5.41) is 10.5. The van der Waals surface area contributed by atoms with Gasteiger partial charge in [-0.1, -0.05) is 0 Å². The topological polar surface area (TPSA) is 104 Å². The molecule has 9 nitrogen and oxygen atoms in total. The van der Waals surface area contributed by atoms with Gasteiger partial charge in [0.25, 0.3) is 11.5 Å². The van der Waals surface area contributed by atoms with E-state index in [0.29, 0.717) is 11.4 Å². The first kappa shape index (κ1) is 25.2. The van der Waals surface area contributed by atoms with Crippen molar-refractivity contribution >= 4 is 39.7 Å². The van der Waals surface area contributed by atoms with E-state index < -0.39 is 17.3 Å². The van der Waals surface area contributed by atoms with Crippen LogP contribution in [-0.2, 0) is 0 Å². The molecule has 2 aromatic carbocycles. The monoisotopic (exact) mass is 535 g/mol. The lowest BCUT2D eigenvalue weighted by atomic mass is 10.2. The van der Waals surface area contributed by atoms with Crippen molar-refractivity contribution in [1.82, 2.24) is 19.9 Å². The van der Waals surface area contributed by atoms with E-state index in [1.807, 2.05) is 18.2 Å². The average molecular weight is 536 g/mol. The highest BCUT2D eigenvalue weighted by Crippen LogP contribution is 2.28. The number of amides is 1. The number of halogens is 1. The number of hydrogen-bond donors (Lipinski definition) is 3. The Balaban J connectivity index is 1.18. The lowest BCUT2D eigenvalue weighted by Crippen LogP contribution is -2.43. The van der Waals surface area contributed by atoms with Gasteiger partial charge in [0.1, 0.15) is 17.2 Å². The molecule has 0 unspecified atom stereocenters. The van der Waals surface area contributed by atoms with Crippen molar-refractivity contribution in [3.8, 4) is 5.69 Å². The maximum atomic E-state index is 13.3. The third-order valence-electron chi connectivity index (χ3n) is 6.77. The number of nitrogens with zero attached hydrogens (tertiary/aromatic N) is 4. The molecule has 200 valence electrons. The van der Waals surface area contributed by atoms with Crippen molar-refractivity contribution in [1.29, 1.82) is 0 Å². The van der Waals surface area contributed by atoms with Crippen LogP contribution in [0.5, 0.6) is 0 Å². The summed E-state index contributed by atoms with van der Waals surface area (Å²) in [6.07, 6.45) is 5.08. The molecule has 4 heterocycles. The Bertz CT molecular complexity index is 1730. The zero-order chi connectivity index (χ0) is 27.5. The summed E-state index contributed by atoms with van der Waals surface area (Å²) in [6, 6.07) is 19.8. The predicted octanol–water partition coefficient (Wildman–Crippen LogP) is 4.33. The van der Waals surface area contributed by atoms with Crippen LogP contribution >= 0.6 is 0 Å². The highest BCUT2D eigenvalue weighted by molar-refractivity contribution is 6.04. The van der Waals surface area contributed by atoms with Crippen LogP contribution in [0.2, 0.25) is 0 Å². The minimum Gasteiger partial charge on any atom is -0.355 e. The van der Waals surface area contributed by atoms with E-state index in [1.54, 1.807) is 36.8 Å². The first-order chi connectivity index (χ1) is 19.5. The molecule has 1 saturated heterocycles. The summed E-state index contributed by atoms with van der Waals surface area (Å²) in [5.74, 6) is -0.0181. The van der Waals surface area contributed by atoms with E-state index in [2.05, 4.69) is 36.9 Å². The maximum Gasteiger partial charge on any atom is 0.267 e. The van der Waals surface area contributed by atoms with Crippen molar-refractivity contribution < 1.29 is 9.18 Å². The van der Waals surface area contributed by atoms with Crippen LogP contribution in [-0.4, -0.2) is 46.6 Å². The molecule has 1 aliphatic heterocycles. The van der Waals surface area contributed by atoms with Gasteiger partial charge in [-0.25, -0.2) is 9.37 Å². The molecule has 10 heteroatoms. The Morgan fingerprint density at radius 3 is 2.45 bits per heavy atom. The molecule has 0 radical (unpaired) electrons. The Kier molecular flexibility index (Phi) is 6.90. The predicted molar refractivity (Wildman–Crippen MR) is 154 cm³/mol. The van der Waals surface area contributed by atoms with Crippen LogP contribution in [0.25, 0.3) is 16.6 Å². The number of rotatable bonds is 6. The first-order valence-electron chi connectivity index (χ1n) is 12.9. The van der Waals surface area contributed by atoms with Crippen molar-refractivity contribution in [3.63, 3.8) is 0 Å². The van der Waals surface area contributed by atoms with E-state index in [0.717, 1.165) is 54.3 Å². The normalized spacial score (nSPS) is 13.3. The minimum atomic E-state index is -0.532. The van der Waals surface area contributed by atoms with E-state index in [1.165, 1.54) is 34.9 Å². The summed E-state index contributed by atoms with van der Waals surface area (Å²) in [5.41, 5.74) is 3.00. The standard InChI is InChI=1S/C30H26FN7O2/c31-20-3-9-23(10-4-20)38-15-1-2-24(30(38)40)29(39)36-22-7-5-21(6-8-22)35-26-11-12-33-27-19-34-28(18-25(26)27)37-16-13-32-14-17-37/h1-12,15,18-19,32H,13-14,16-17H2,(H,33,35)(H,36,39). The molecule has 0 bridgehead atoms. The number of fused-ring (bicyclic) bond motifs is 1. The third-order valence-corrected chi connectivity index (χ3v) is 6.77. The fraction of sp³-hybridized carbons (Fsp3) is 0.133. The largest absolute Gasteiger partial charge is 0.355 e. The van der Waals surface area contributed by atoms with E-state index in [4.69, 9.17) is 0 Å². The molecule has 6 rings (SSSR count). The van der Waals surface area contributed by atoms with Crippen molar-refractivity contribution in [2.24, 2.45) is 0 Å². The number of aromatic nitrogens is 3. The van der Waals surface area contributed by atoms with Crippen molar-refractivity contribution in [2.45, 2.75) is 0 Å². The number of carbonyl (C=O) groups is 1. The molecule has 40 heavy (non-hydrogen) atoms. The van der Waals surface area contributed by atoms with Crippen LogP contribution in [0.1, 0.15) is 10.4 Å². The van der Waals surface area contributed by atoms with Crippen LogP contribution in [0.15, 0.2) is 96.2 Å². The third kappa shape index (κ3) is 5.25. The highest BCUT2D eigenvalue weighted by Gasteiger charge is 2.15. The van der Waals surface area contributed by atoms with Gasteiger partial charge in [-0.05, 0) is 72.8 Å². The number of nitrogens with one attached hydrogen (secondary N) is 3. The maximum absolute atomic E-state index is 13.3. The van der Waals surface area contributed by atoms with Gasteiger partial charge in [0.2, 0.25) is 0 Å². The molecule has 1 fully saturated rings. The second kappa shape index (κ2) is 11.0. The second-order valence-corrected chi connectivity index (χ2v) is 9.39. The van der Waals surface area contributed by atoms with E-state index >= 15 is 0 Å². The Morgan fingerprint density at radius 1 is 0.925 bits per heavy atom. The fourth-order valence-corrected chi connectivity index (χ4v) is 4.68. The number of benzene rings is 2. The lowest BCUT2D eigenvalue weighted by molar-refractivity contribution is 0.102. The molecule has 5 aromatic rings. The van der Waals surface area contributed by atoms with Crippen LogP contribution in [0.3, 0.4) is 0 Å². The number of carbonyl (C=O) groups excluding carboxylic acids is 1. The minimum absolute atomic E-state index is 0.0221. The van der Waals surface area contributed by atoms with Gasteiger partial charge in [0, 0.05) is 66.7 Å². The number of anilines is 4. The van der Waals surface area contributed by atoms with Gasteiger partial charge in [-0.2, -0.15) is 0 Å².